The Kier molecular flexibility index (Phi) is 7.19. The highest BCUT2D eigenvalue weighted by atomic mass is 32.1. The molecule has 0 bridgehead atoms. The number of methoxy groups -OCH3 is 1. The summed E-state index contributed by atoms with van der Waals surface area (Å²) < 4.78 is 10.8. The van der Waals surface area contributed by atoms with E-state index in [0.29, 0.717) is 17.3 Å². The van der Waals surface area contributed by atoms with Crippen LogP contribution in [0.3, 0.4) is 0 Å². The first-order valence-corrected chi connectivity index (χ1v) is 10.6. The lowest BCUT2D eigenvalue weighted by Crippen LogP contribution is -2.03. The Hall–Kier alpha value is -3.46. The van der Waals surface area contributed by atoms with Crippen LogP contribution in [-0.2, 0) is 0 Å². The van der Waals surface area contributed by atoms with Gasteiger partial charge < -0.3 is 9.47 Å². The largest absolute Gasteiger partial charge is 0.493 e. The molecular weight excluding hydrogens is 416 g/mol. The van der Waals surface area contributed by atoms with Gasteiger partial charge in [0.15, 0.2) is 5.75 Å². The number of benzene rings is 2. The second kappa shape index (κ2) is 10.0. The van der Waals surface area contributed by atoms with Crippen LogP contribution in [0.1, 0.15) is 30.0 Å². The molecule has 1 heterocycles. The number of aryl methyl sites for hydroxylation is 2. The van der Waals surface area contributed by atoms with Crippen molar-refractivity contribution in [2.45, 2.75) is 27.2 Å². The van der Waals surface area contributed by atoms with E-state index in [0.717, 1.165) is 23.2 Å². The van der Waals surface area contributed by atoms with Gasteiger partial charge in [0, 0.05) is 22.6 Å². The number of thiazole rings is 1. The first-order chi connectivity index (χ1) is 14.9. The van der Waals surface area contributed by atoms with Crippen LogP contribution >= 0.6 is 11.3 Å². The first-order valence-electron chi connectivity index (χ1n) is 9.74. The van der Waals surface area contributed by atoms with Crippen molar-refractivity contribution in [3.63, 3.8) is 0 Å². The maximum Gasteiger partial charge on any atom is 0.315 e. The monoisotopic (exact) mass is 440 g/mol. The van der Waals surface area contributed by atoms with Crippen LogP contribution in [0, 0.1) is 24.0 Å². The number of nitrogens with zero attached hydrogens (tertiary/aromatic N) is 3. The number of nitro groups is 1. The topological polar surface area (TPSA) is 98.9 Å². The van der Waals surface area contributed by atoms with Crippen molar-refractivity contribution in [3.8, 4) is 22.8 Å². The van der Waals surface area contributed by atoms with Crippen molar-refractivity contribution in [2.24, 2.45) is 5.10 Å². The molecule has 0 saturated carbocycles. The SMILES string of the molecule is CCCOc1c(OC)cc(/C=N\Nc2nc(-c3ccc(C)cc3C)cs2)cc1[N+](=O)[O-]. The average Bonchev–Trinajstić information content (AvgIpc) is 3.20. The van der Waals surface area contributed by atoms with Crippen molar-refractivity contribution >= 4 is 28.4 Å². The van der Waals surface area contributed by atoms with Crippen molar-refractivity contribution in [1.82, 2.24) is 4.98 Å². The molecule has 9 heteroatoms. The molecule has 3 aromatic rings. The minimum absolute atomic E-state index is 0.123. The molecule has 0 aliphatic carbocycles. The van der Waals surface area contributed by atoms with Gasteiger partial charge in [-0.3, -0.25) is 15.5 Å². The van der Waals surface area contributed by atoms with Gasteiger partial charge in [0.1, 0.15) is 0 Å². The lowest BCUT2D eigenvalue weighted by Gasteiger charge is -2.11. The highest BCUT2D eigenvalue weighted by Gasteiger charge is 2.22. The standard InChI is InChI=1S/C22H24N4O4S/c1-5-8-30-21-19(26(27)28)10-16(11-20(21)29-4)12-23-25-22-24-18(13-31-22)17-7-6-14(2)9-15(17)3/h6-7,9-13H,5,8H2,1-4H3,(H,24,25)/b23-12-. The number of hydrazone groups is 1. The molecule has 1 aromatic heterocycles. The molecule has 0 amide bonds. The molecule has 0 radical (unpaired) electrons. The van der Waals surface area contributed by atoms with Gasteiger partial charge >= 0.3 is 5.69 Å². The smallest absolute Gasteiger partial charge is 0.315 e. The number of aromatic nitrogens is 1. The summed E-state index contributed by atoms with van der Waals surface area (Å²) in [5, 5.41) is 18.2. The Bertz CT molecular complexity index is 1110. The second-order valence-corrected chi connectivity index (χ2v) is 7.76. The Morgan fingerprint density at radius 1 is 1.29 bits per heavy atom. The molecular formula is C22H24N4O4S. The van der Waals surface area contributed by atoms with Crippen LogP contribution in [0.2, 0.25) is 0 Å². The molecule has 0 atom stereocenters. The van der Waals surface area contributed by atoms with Crippen LogP contribution in [0.4, 0.5) is 10.8 Å². The number of ether oxygens (including phenoxy) is 2. The zero-order chi connectivity index (χ0) is 22.4. The van der Waals surface area contributed by atoms with E-state index in [9.17, 15) is 10.1 Å². The molecule has 0 unspecified atom stereocenters. The van der Waals surface area contributed by atoms with Gasteiger partial charge in [-0.2, -0.15) is 5.10 Å². The van der Waals surface area contributed by atoms with E-state index in [-0.39, 0.29) is 17.2 Å². The molecule has 8 nitrogen and oxygen atoms in total. The van der Waals surface area contributed by atoms with Gasteiger partial charge in [0.25, 0.3) is 0 Å². The molecule has 0 aliphatic rings. The molecule has 0 saturated heterocycles. The Morgan fingerprint density at radius 3 is 2.77 bits per heavy atom. The van der Waals surface area contributed by atoms with E-state index < -0.39 is 4.92 Å². The highest BCUT2D eigenvalue weighted by molar-refractivity contribution is 7.14. The zero-order valence-electron chi connectivity index (χ0n) is 17.8. The van der Waals surface area contributed by atoms with Crippen LogP contribution in [0.15, 0.2) is 40.8 Å². The Balaban J connectivity index is 1.78. The summed E-state index contributed by atoms with van der Waals surface area (Å²) in [7, 11) is 1.45. The molecule has 3 rings (SSSR count). The fraction of sp³-hybridized carbons (Fsp3) is 0.273. The molecule has 0 spiro atoms. The van der Waals surface area contributed by atoms with Gasteiger partial charge in [-0.1, -0.05) is 30.7 Å². The summed E-state index contributed by atoms with van der Waals surface area (Å²) in [6.45, 7) is 6.40. The van der Waals surface area contributed by atoms with Crippen LogP contribution < -0.4 is 14.9 Å². The third-order valence-electron chi connectivity index (χ3n) is 4.46. The van der Waals surface area contributed by atoms with E-state index in [1.165, 1.54) is 36.3 Å². The van der Waals surface area contributed by atoms with Gasteiger partial charge in [-0.15, -0.1) is 11.3 Å². The van der Waals surface area contributed by atoms with Gasteiger partial charge in [-0.05, 0) is 31.9 Å². The average molecular weight is 441 g/mol. The minimum Gasteiger partial charge on any atom is -0.493 e. The molecule has 31 heavy (non-hydrogen) atoms. The lowest BCUT2D eigenvalue weighted by atomic mass is 10.0. The molecule has 0 fully saturated rings. The fourth-order valence-corrected chi connectivity index (χ4v) is 3.69. The summed E-state index contributed by atoms with van der Waals surface area (Å²) in [5.74, 6) is 0.410. The number of hydrogen-bond acceptors (Lipinski definition) is 8. The first kappa shape index (κ1) is 22.2. The predicted molar refractivity (Wildman–Crippen MR) is 124 cm³/mol. The highest BCUT2D eigenvalue weighted by Crippen LogP contribution is 2.38. The molecule has 0 aliphatic heterocycles. The Morgan fingerprint density at radius 2 is 2.10 bits per heavy atom. The summed E-state index contributed by atoms with van der Waals surface area (Å²) in [4.78, 5) is 15.6. The second-order valence-electron chi connectivity index (χ2n) is 6.90. The van der Waals surface area contributed by atoms with Gasteiger partial charge in [0.2, 0.25) is 10.9 Å². The molecule has 162 valence electrons. The van der Waals surface area contributed by atoms with Crippen molar-refractivity contribution in [1.29, 1.82) is 0 Å². The minimum atomic E-state index is -0.491. The number of hydrogen-bond donors (Lipinski definition) is 1. The molecule has 2 aromatic carbocycles. The number of rotatable bonds is 9. The normalized spacial score (nSPS) is 11.0. The summed E-state index contributed by atoms with van der Waals surface area (Å²) in [6, 6.07) is 9.28. The fourth-order valence-electron chi connectivity index (χ4n) is 3.03. The van der Waals surface area contributed by atoms with Gasteiger partial charge in [0.05, 0.1) is 30.5 Å². The molecule has 1 N–H and O–H groups in total. The number of nitrogens with one attached hydrogen (secondary N) is 1. The van der Waals surface area contributed by atoms with Crippen molar-refractivity contribution in [2.75, 3.05) is 19.1 Å². The summed E-state index contributed by atoms with van der Waals surface area (Å²) >= 11 is 1.43. The van der Waals surface area contributed by atoms with Crippen molar-refractivity contribution < 1.29 is 14.4 Å². The van der Waals surface area contributed by atoms with Gasteiger partial charge in [-0.25, -0.2) is 4.98 Å². The van der Waals surface area contributed by atoms with Crippen LogP contribution in [0.5, 0.6) is 11.5 Å². The van der Waals surface area contributed by atoms with E-state index in [4.69, 9.17) is 9.47 Å². The van der Waals surface area contributed by atoms with E-state index >= 15 is 0 Å². The predicted octanol–water partition coefficient (Wildman–Crippen LogP) is 5.58. The quantitative estimate of drug-likeness (QED) is 0.265. The van der Waals surface area contributed by atoms with E-state index in [1.54, 1.807) is 6.07 Å². The van der Waals surface area contributed by atoms with Crippen LogP contribution in [0.25, 0.3) is 11.3 Å². The summed E-state index contributed by atoms with van der Waals surface area (Å²) in [6.07, 6.45) is 2.21. The van der Waals surface area contributed by atoms with E-state index in [1.807, 2.05) is 12.3 Å². The maximum atomic E-state index is 11.5. The van der Waals surface area contributed by atoms with E-state index in [2.05, 4.69) is 47.6 Å². The lowest BCUT2D eigenvalue weighted by molar-refractivity contribution is -0.386. The summed E-state index contributed by atoms with van der Waals surface area (Å²) in [5.41, 5.74) is 7.53. The third-order valence-corrected chi connectivity index (χ3v) is 5.21. The van der Waals surface area contributed by atoms with Crippen molar-refractivity contribution in [3.05, 3.63) is 62.5 Å². The third kappa shape index (κ3) is 5.37. The number of nitro benzene ring substituents is 1. The Labute approximate surface area is 184 Å². The number of anilines is 1. The zero-order valence-corrected chi connectivity index (χ0v) is 18.7. The maximum absolute atomic E-state index is 11.5. The van der Waals surface area contributed by atoms with Crippen LogP contribution in [-0.4, -0.2) is 29.8 Å².